The highest BCUT2D eigenvalue weighted by molar-refractivity contribution is 5.92. The van der Waals surface area contributed by atoms with Crippen LogP contribution in [0.5, 0.6) is 0 Å². The Morgan fingerprint density at radius 1 is 1.30 bits per heavy atom. The Morgan fingerprint density at radius 3 is 2.65 bits per heavy atom. The van der Waals surface area contributed by atoms with Gasteiger partial charge in [-0.25, -0.2) is 4.39 Å². The first-order valence-corrected chi connectivity index (χ1v) is 7.79. The third-order valence-electron chi connectivity index (χ3n) is 4.16. The zero-order valence-corrected chi connectivity index (χ0v) is 13.1. The number of nitrogens with zero attached hydrogens (tertiary/aromatic N) is 4. The summed E-state index contributed by atoms with van der Waals surface area (Å²) in [4.78, 5) is 15.7. The molecule has 0 spiro atoms. The summed E-state index contributed by atoms with van der Waals surface area (Å²) >= 11 is 0. The van der Waals surface area contributed by atoms with Crippen LogP contribution in [0.4, 0.5) is 4.39 Å². The minimum Gasteiger partial charge on any atom is -0.337 e. The van der Waals surface area contributed by atoms with E-state index in [1.54, 1.807) is 12.1 Å². The molecule has 0 aliphatic carbocycles. The second-order valence-corrected chi connectivity index (χ2v) is 5.79. The maximum absolute atomic E-state index is 12.9. The van der Waals surface area contributed by atoms with Gasteiger partial charge >= 0.3 is 0 Å². The van der Waals surface area contributed by atoms with Crippen molar-refractivity contribution < 1.29 is 9.18 Å². The normalized spacial score (nSPS) is 15.8. The van der Waals surface area contributed by atoms with Gasteiger partial charge in [0.15, 0.2) is 5.69 Å². The molecule has 0 bridgehead atoms. The smallest absolute Gasteiger partial charge is 0.276 e. The minimum absolute atomic E-state index is 0.0960. The van der Waals surface area contributed by atoms with Crippen LogP contribution >= 0.6 is 0 Å². The molecule has 2 heterocycles. The van der Waals surface area contributed by atoms with E-state index in [9.17, 15) is 9.18 Å². The van der Waals surface area contributed by atoms with E-state index in [4.69, 9.17) is 0 Å². The Kier molecular flexibility index (Phi) is 4.66. The van der Waals surface area contributed by atoms with Crippen LogP contribution in [0.25, 0.3) is 5.69 Å². The molecule has 1 saturated heterocycles. The molecule has 0 saturated carbocycles. The van der Waals surface area contributed by atoms with Crippen molar-refractivity contribution in [2.45, 2.75) is 12.8 Å². The van der Waals surface area contributed by atoms with E-state index in [0.717, 1.165) is 32.5 Å². The van der Waals surface area contributed by atoms with Crippen molar-refractivity contribution in [3.8, 4) is 5.69 Å². The molecule has 122 valence electrons. The van der Waals surface area contributed by atoms with Crippen LogP contribution in [0, 0.1) is 11.7 Å². The fourth-order valence-corrected chi connectivity index (χ4v) is 2.85. The van der Waals surface area contributed by atoms with Gasteiger partial charge in [0.2, 0.25) is 0 Å². The number of carbonyl (C=O) groups is 1. The summed E-state index contributed by atoms with van der Waals surface area (Å²) in [6.07, 6.45) is 3.46. The Morgan fingerprint density at radius 2 is 2.00 bits per heavy atom. The number of carbonyl (C=O) groups excluding carboxylic acids is 1. The first-order chi connectivity index (χ1) is 11.2. The highest BCUT2D eigenvalue weighted by atomic mass is 19.1. The lowest BCUT2D eigenvalue weighted by molar-refractivity contribution is 0.0684. The molecule has 0 unspecified atom stereocenters. The molecule has 1 aliphatic rings. The third-order valence-corrected chi connectivity index (χ3v) is 4.16. The monoisotopic (exact) mass is 317 g/mol. The Balaban J connectivity index is 1.66. The Labute approximate surface area is 134 Å². The number of benzene rings is 1. The van der Waals surface area contributed by atoms with Crippen LogP contribution in [-0.2, 0) is 0 Å². The van der Waals surface area contributed by atoms with Crippen molar-refractivity contribution in [2.75, 3.05) is 26.7 Å². The molecule has 1 fully saturated rings. The largest absolute Gasteiger partial charge is 0.337 e. The van der Waals surface area contributed by atoms with Crippen molar-refractivity contribution in [3.05, 3.63) is 42.0 Å². The average molecular weight is 317 g/mol. The van der Waals surface area contributed by atoms with Gasteiger partial charge in [-0.15, -0.1) is 5.10 Å². The van der Waals surface area contributed by atoms with Gasteiger partial charge < -0.3 is 10.2 Å². The van der Waals surface area contributed by atoms with Crippen LogP contribution in [0.3, 0.4) is 0 Å². The zero-order chi connectivity index (χ0) is 16.2. The number of halogens is 1. The molecule has 7 heteroatoms. The SMILES string of the molecule is CNCC1CCN(C(=O)c2cnn(-c3ccc(F)cc3)n2)CC1. The number of hydrogen-bond donors (Lipinski definition) is 1. The minimum atomic E-state index is -0.318. The molecule has 1 aromatic heterocycles. The molecule has 1 amide bonds. The predicted octanol–water partition coefficient (Wildman–Crippen LogP) is 1.48. The van der Waals surface area contributed by atoms with Gasteiger partial charge in [-0.2, -0.15) is 9.90 Å². The third kappa shape index (κ3) is 3.56. The van der Waals surface area contributed by atoms with Gasteiger partial charge in [0, 0.05) is 13.1 Å². The molecular weight excluding hydrogens is 297 g/mol. The van der Waals surface area contributed by atoms with E-state index < -0.39 is 0 Å². The summed E-state index contributed by atoms with van der Waals surface area (Å²) in [7, 11) is 1.95. The number of nitrogens with one attached hydrogen (secondary N) is 1. The molecular formula is C16H20FN5O. The van der Waals surface area contributed by atoms with Crippen molar-refractivity contribution in [3.63, 3.8) is 0 Å². The van der Waals surface area contributed by atoms with E-state index >= 15 is 0 Å². The summed E-state index contributed by atoms with van der Waals surface area (Å²) in [5.41, 5.74) is 0.944. The Hall–Kier alpha value is -2.28. The number of rotatable bonds is 4. The van der Waals surface area contributed by atoms with Crippen LogP contribution in [-0.4, -0.2) is 52.5 Å². The molecule has 1 aliphatic heterocycles. The van der Waals surface area contributed by atoms with Crippen molar-refractivity contribution >= 4 is 5.91 Å². The lowest BCUT2D eigenvalue weighted by atomic mass is 9.97. The second-order valence-electron chi connectivity index (χ2n) is 5.79. The number of likely N-dealkylation sites (tertiary alicyclic amines) is 1. The van der Waals surface area contributed by atoms with Crippen molar-refractivity contribution in [1.29, 1.82) is 0 Å². The standard InChI is InChI=1S/C16H20FN5O/c1-18-10-12-6-8-21(9-7-12)16(23)15-11-19-22(20-15)14-4-2-13(17)3-5-14/h2-5,11-12,18H,6-10H2,1H3. The second kappa shape index (κ2) is 6.87. The van der Waals surface area contributed by atoms with Crippen LogP contribution in [0.1, 0.15) is 23.3 Å². The van der Waals surface area contributed by atoms with Crippen molar-refractivity contribution in [1.82, 2.24) is 25.2 Å². The number of piperidine rings is 1. The van der Waals surface area contributed by atoms with Gasteiger partial charge in [-0.05, 0) is 56.6 Å². The molecule has 0 atom stereocenters. The molecule has 3 rings (SSSR count). The maximum Gasteiger partial charge on any atom is 0.276 e. The predicted molar refractivity (Wildman–Crippen MR) is 83.9 cm³/mol. The van der Waals surface area contributed by atoms with E-state index in [2.05, 4.69) is 15.5 Å². The fraction of sp³-hybridized carbons (Fsp3) is 0.438. The summed E-state index contributed by atoms with van der Waals surface area (Å²) in [5, 5.41) is 11.5. The number of aromatic nitrogens is 3. The Bertz CT molecular complexity index is 661. The zero-order valence-electron chi connectivity index (χ0n) is 13.1. The summed E-state index contributed by atoms with van der Waals surface area (Å²) in [6, 6.07) is 5.83. The number of hydrogen-bond acceptors (Lipinski definition) is 4. The average Bonchev–Trinajstić information content (AvgIpc) is 3.06. The molecule has 23 heavy (non-hydrogen) atoms. The van der Waals surface area contributed by atoms with Gasteiger partial charge in [-0.1, -0.05) is 0 Å². The summed E-state index contributed by atoms with van der Waals surface area (Å²) < 4.78 is 12.9. The number of amides is 1. The van der Waals surface area contributed by atoms with E-state index in [0.29, 0.717) is 17.3 Å². The van der Waals surface area contributed by atoms with E-state index in [-0.39, 0.29) is 11.7 Å². The first-order valence-electron chi connectivity index (χ1n) is 7.79. The summed E-state index contributed by atoms with van der Waals surface area (Å²) in [5.74, 6) is 0.210. The lowest BCUT2D eigenvalue weighted by Gasteiger charge is -2.31. The lowest BCUT2D eigenvalue weighted by Crippen LogP contribution is -2.40. The highest BCUT2D eigenvalue weighted by Gasteiger charge is 2.25. The molecule has 2 aromatic rings. The molecule has 6 nitrogen and oxygen atoms in total. The summed E-state index contributed by atoms with van der Waals surface area (Å²) in [6.45, 7) is 2.48. The van der Waals surface area contributed by atoms with Gasteiger partial charge in [-0.3, -0.25) is 4.79 Å². The molecule has 0 radical (unpaired) electrons. The van der Waals surface area contributed by atoms with Crippen LogP contribution in [0.15, 0.2) is 30.5 Å². The fourth-order valence-electron chi connectivity index (χ4n) is 2.85. The van der Waals surface area contributed by atoms with E-state index in [1.807, 2.05) is 11.9 Å². The van der Waals surface area contributed by atoms with Crippen molar-refractivity contribution in [2.24, 2.45) is 5.92 Å². The van der Waals surface area contributed by atoms with Crippen LogP contribution in [0.2, 0.25) is 0 Å². The van der Waals surface area contributed by atoms with Gasteiger partial charge in [0.05, 0.1) is 11.9 Å². The molecule has 1 aromatic carbocycles. The first kappa shape index (κ1) is 15.6. The highest BCUT2D eigenvalue weighted by Crippen LogP contribution is 2.18. The quantitative estimate of drug-likeness (QED) is 0.928. The van der Waals surface area contributed by atoms with Crippen LogP contribution < -0.4 is 5.32 Å². The van der Waals surface area contributed by atoms with Gasteiger partial charge in [0.1, 0.15) is 5.82 Å². The molecule has 1 N–H and O–H groups in total. The van der Waals surface area contributed by atoms with E-state index in [1.165, 1.54) is 23.1 Å². The van der Waals surface area contributed by atoms with Gasteiger partial charge in [0.25, 0.3) is 5.91 Å². The maximum atomic E-state index is 12.9. The topological polar surface area (TPSA) is 63.1 Å².